The molecule has 8 atom stereocenters. The fourth-order valence-corrected chi connectivity index (χ4v) is 4.18. The Morgan fingerprint density at radius 1 is 1.33 bits per heavy atom. The molecule has 7 nitrogen and oxygen atoms in total. The minimum Gasteiger partial charge on any atom is -0.458 e. The summed E-state index contributed by atoms with van der Waals surface area (Å²) in [6, 6.07) is 0. The number of carbonyl (C=O) groups is 2. The minimum atomic E-state index is -0.900. The van der Waals surface area contributed by atoms with E-state index in [0.717, 1.165) is 0 Å². The summed E-state index contributed by atoms with van der Waals surface area (Å²) in [4.78, 5) is 24.6. The summed E-state index contributed by atoms with van der Waals surface area (Å²) < 4.78 is 22.8. The standard InChI is InChI=1S/C20H24O7/c1-6-8(2)18(22)24-11-7-9(3)13(21)15-16(25-15)20(5)17(27-20)14-12(11)10(4)19(23)26-14/h6,11-17,21H,3-4,7H2,1-2,5H3. The number of epoxide rings is 2. The molecule has 27 heavy (non-hydrogen) atoms. The van der Waals surface area contributed by atoms with Crippen molar-refractivity contribution in [3.8, 4) is 0 Å². The highest BCUT2D eigenvalue weighted by Gasteiger charge is 2.74. The number of carbonyl (C=O) groups excluding carboxylic acids is 2. The number of ether oxygens (including phenoxy) is 4. The molecule has 1 aliphatic carbocycles. The number of aliphatic hydroxyl groups excluding tert-OH is 1. The maximum atomic E-state index is 12.4. The first-order valence-corrected chi connectivity index (χ1v) is 9.11. The maximum Gasteiger partial charge on any atom is 0.334 e. The third kappa shape index (κ3) is 2.76. The van der Waals surface area contributed by atoms with E-state index < -0.39 is 54.0 Å². The Labute approximate surface area is 157 Å². The lowest BCUT2D eigenvalue weighted by Crippen LogP contribution is -2.41. The molecule has 3 heterocycles. The topological polar surface area (TPSA) is 97.9 Å². The molecule has 0 bridgehead atoms. The van der Waals surface area contributed by atoms with Gasteiger partial charge in [0.05, 0.1) is 5.92 Å². The first-order valence-electron chi connectivity index (χ1n) is 9.11. The van der Waals surface area contributed by atoms with Crippen molar-refractivity contribution in [3.63, 3.8) is 0 Å². The van der Waals surface area contributed by atoms with Gasteiger partial charge in [0.2, 0.25) is 0 Å². The number of aliphatic hydroxyl groups is 1. The third-order valence-electron chi connectivity index (χ3n) is 6.15. The molecule has 7 heteroatoms. The van der Waals surface area contributed by atoms with Crippen LogP contribution in [0.25, 0.3) is 0 Å². The Kier molecular flexibility index (Phi) is 4.10. The third-order valence-corrected chi connectivity index (χ3v) is 6.15. The van der Waals surface area contributed by atoms with Crippen LogP contribution in [0.15, 0.2) is 36.0 Å². The van der Waals surface area contributed by atoms with Gasteiger partial charge in [-0.3, -0.25) is 0 Å². The lowest BCUT2D eigenvalue weighted by Gasteiger charge is -2.29. The molecule has 8 unspecified atom stereocenters. The van der Waals surface area contributed by atoms with Crippen LogP contribution < -0.4 is 0 Å². The van der Waals surface area contributed by atoms with Gasteiger partial charge < -0.3 is 24.1 Å². The highest BCUT2D eigenvalue weighted by Crippen LogP contribution is 2.56. The van der Waals surface area contributed by atoms with E-state index in [1.165, 1.54) is 0 Å². The van der Waals surface area contributed by atoms with E-state index in [1.807, 2.05) is 6.92 Å². The molecule has 3 saturated heterocycles. The average Bonchev–Trinajstić information content (AvgIpc) is 3.52. The molecule has 0 spiro atoms. The quantitative estimate of drug-likeness (QED) is 0.335. The Bertz CT molecular complexity index is 768. The van der Waals surface area contributed by atoms with Crippen LogP contribution in [0.2, 0.25) is 0 Å². The number of allylic oxidation sites excluding steroid dienone is 1. The fourth-order valence-electron chi connectivity index (χ4n) is 4.18. The second-order valence-electron chi connectivity index (χ2n) is 7.89. The number of hydrogen-bond acceptors (Lipinski definition) is 7. The second-order valence-corrected chi connectivity index (χ2v) is 7.89. The van der Waals surface area contributed by atoms with E-state index in [2.05, 4.69) is 13.2 Å². The summed E-state index contributed by atoms with van der Waals surface area (Å²) in [5, 5.41) is 10.6. The molecule has 3 aliphatic heterocycles. The van der Waals surface area contributed by atoms with Crippen molar-refractivity contribution in [3.05, 3.63) is 36.0 Å². The normalized spacial score (nSPS) is 46.0. The zero-order chi connectivity index (χ0) is 19.7. The van der Waals surface area contributed by atoms with Crippen LogP contribution in [-0.4, -0.2) is 59.3 Å². The van der Waals surface area contributed by atoms with Gasteiger partial charge >= 0.3 is 11.9 Å². The zero-order valence-corrected chi connectivity index (χ0v) is 15.6. The van der Waals surface area contributed by atoms with Crippen molar-refractivity contribution in [2.24, 2.45) is 5.92 Å². The van der Waals surface area contributed by atoms with Crippen molar-refractivity contribution in [2.45, 2.75) is 69.4 Å². The van der Waals surface area contributed by atoms with Gasteiger partial charge in [0.25, 0.3) is 0 Å². The van der Waals surface area contributed by atoms with Crippen LogP contribution in [0.1, 0.15) is 27.2 Å². The van der Waals surface area contributed by atoms with Crippen molar-refractivity contribution in [2.75, 3.05) is 0 Å². The van der Waals surface area contributed by atoms with Crippen LogP contribution >= 0.6 is 0 Å². The van der Waals surface area contributed by atoms with E-state index in [9.17, 15) is 14.7 Å². The molecule has 1 N–H and O–H groups in total. The van der Waals surface area contributed by atoms with Gasteiger partial charge in [-0.2, -0.15) is 0 Å². The predicted molar refractivity (Wildman–Crippen MR) is 93.5 cm³/mol. The molecule has 0 radical (unpaired) electrons. The smallest absolute Gasteiger partial charge is 0.334 e. The second kappa shape index (κ2) is 6.02. The summed E-state index contributed by atoms with van der Waals surface area (Å²) >= 11 is 0. The minimum absolute atomic E-state index is 0.177. The largest absolute Gasteiger partial charge is 0.458 e. The summed E-state index contributed by atoms with van der Waals surface area (Å²) in [5.74, 6) is -1.59. The van der Waals surface area contributed by atoms with Crippen LogP contribution in [0, 0.1) is 5.92 Å². The summed E-state index contributed by atoms with van der Waals surface area (Å²) in [7, 11) is 0. The van der Waals surface area contributed by atoms with E-state index in [-0.39, 0.29) is 18.1 Å². The average molecular weight is 376 g/mol. The Morgan fingerprint density at radius 2 is 2.04 bits per heavy atom. The van der Waals surface area contributed by atoms with Crippen molar-refractivity contribution in [1.82, 2.24) is 0 Å². The van der Waals surface area contributed by atoms with Gasteiger partial charge in [-0.1, -0.05) is 19.2 Å². The van der Waals surface area contributed by atoms with Crippen molar-refractivity contribution >= 4 is 11.9 Å². The van der Waals surface area contributed by atoms with E-state index in [1.54, 1.807) is 19.9 Å². The fraction of sp³-hybridized carbons (Fsp3) is 0.600. The lowest BCUT2D eigenvalue weighted by molar-refractivity contribution is -0.148. The number of fused-ring (bicyclic) bond motifs is 5. The summed E-state index contributed by atoms with van der Waals surface area (Å²) in [6.07, 6.45) is -1.54. The van der Waals surface area contributed by atoms with Crippen molar-refractivity contribution in [1.29, 1.82) is 0 Å². The zero-order valence-electron chi connectivity index (χ0n) is 15.6. The number of rotatable bonds is 2. The Balaban J connectivity index is 1.69. The first kappa shape index (κ1) is 18.4. The molecule has 0 aromatic heterocycles. The SMILES string of the molecule is C=C1CC(OC(=O)C(C)=CC)C2C(=C)C(=O)OC2C2OC2(C)C2OC2C1O. The van der Waals surface area contributed by atoms with Crippen LogP contribution in [0.5, 0.6) is 0 Å². The Morgan fingerprint density at radius 3 is 2.70 bits per heavy atom. The van der Waals surface area contributed by atoms with Gasteiger partial charge in [0.15, 0.2) is 0 Å². The molecular weight excluding hydrogens is 352 g/mol. The molecule has 0 amide bonds. The van der Waals surface area contributed by atoms with Gasteiger partial charge in [-0.25, -0.2) is 9.59 Å². The van der Waals surface area contributed by atoms with Crippen LogP contribution in [-0.2, 0) is 28.5 Å². The molecule has 4 fully saturated rings. The molecule has 0 aromatic carbocycles. The predicted octanol–water partition coefficient (Wildman–Crippen LogP) is 1.21. The molecule has 4 aliphatic rings. The molecule has 146 valence electrons. The van der Waals surface area contributed by atoms with Gasteiger partial charge in [-0.15, -0.1) is 0 Å². The maximum absolute atomic E-state index is 12.4. The summed E-state index contributed by atoms with van der Waals surface area (Å²) in [5.41, 5.74) is 0.505. The van der Waals surface area contributed by atoms with Crippen LogP contribution in [0.3, 0.4) is 0 Å². The lowest BCUT2D eigenvalue weighted by atomic mass is 9.80. The monoisotopic (exact) mass is 376 g/mol. The number of hydrogen-bond donors (Lipinski definition) is 1. The number of esters is 2. The summed E-state index contributed by atoms with van der Waals surface area (Å²) in [6.45, 7) is 13.1. The molecule has 4 rings (SSSR count). The molecular formula is C20H24O7. The van der Waals surface area contributed by atoms with Gasteiger partial charge in [-0.05, 0) is 26.3 Å². The Hall–Kier alpha value is -1.96. The first-order chi connectivity index (χ1) is 12.7. The van der Waals surface area contributed by atoms with Crippen LogP contribution in [0.4, 0.5) is 0 Å². The van der Waals surface area contributed by atoms with E-state index >= 15 is 0 Å². The van der Waals surface area contributed by atoms with Gasteiger partial charge in [0.1, 0.15) is 42.2 Å². The van der Waals surface area contributed by atoms with Crippen molar-refractivity contribution < 1.29 is 33.6 Å². The highest BCUT2D eigenvalue weighted by molar-refractivity contribution is 5.91. The van der Waals surface area contributed by atoms with Gasteiger partial charge in [0, 0.05) is 17.6 Å². The molecule has 0 aromatic rings. The van der Waals surface area contributed by atoms with E-state index in [0.29, 0.717) is 11.1 Å². The molecule has 1 saturated carbocycles. The van der Waals surface area contributed by atoms with E-state index in [4.69, 9.17) is 18.9 Å². The highest BCUT2D eigenvalue weighted by atomic mass is 16.7.